The number of terminal acetylenes is 1. The molecule has 0 unspecified atom stereocenters. The van der Waals surface area contributed by atoms with Crippen LogP contribution in [0, 0.1) is 12.3 Å². The summed E-state index contributed by atoms with van der Waals surface area (Å²) >= 11 is 0. The van der Waals surface area contributed by atoms with E-state index in [9.17, 15) is 8.42 Å². The molecule has 0 amide bonds. The minimum Gasteiger partial charge on any atom is -0.352 e. The van der Waals surface area contributed by atoms with E-state index < -0.39 is 10.0 Å². The maximum absolute atomic E-state index is 12.3. The van der Waals surface area contributed by atoms with Crippen LogP contribution in [0.3, 0.4) is 0 Å². The fraction of sp³-hybridized carbons (Fsp3) is 0.500. The smallest absolute Gasteiger partial charge is 0.245 e. The summed E-state index contributed by atoms with van der Waals surface area (Å²) in [5.74, 6) is 2.37. The molecule has 0 saturated heterocycles. The van der Waals surface area contributed by atoms with Gasteiger partial charge in [-0.05, 0) is 13.1 Å². The van der Waals surface area contributed by atoms with E-state index in [1.165, 1.54) is 4.31 Å². The molecule has 1 aromatic heterocycles. The predicted molar refractivity (Wildman–Crippen MR) is 71.4 cm³/mol. The van der Waals surface area contributed by atoms with E-state index in [4.69, 9.17) is 6.42 Å². The SMILES string of the molecule is C#CCN(CC)S(=O)(=O)c1cc(CNC)n(C)c1. The van der Waals surface area contributed by atoms with Gasteiger partial charge < -0.3 is 9.88 Å². The number of aromatic nitrogens is 1. The van der Waals surface area contributed by atoms with Crippen LogP contribution in [0.2, 0.25) is 0 Å². The van der Waals surface area contributed by atoms with Gasteiger partial charge in [-0.2, -0.15) is 4.31 Å². The van der Waals surface area contributed by atoms with Crippen LogP contribution in [0.25, 0.3) is 0 Å². The molecule has 1 rings (SSSR count). The van der Waals surface area contributed by atoms with Gasteiger partial charge in [0.25, 0.3) is 0 Å². The summed E-state index contributed by atoms with van der Waals surface area (Å²) in [7, 11) is 0.149. The van der Waals surface area contributed by atoms with Crippen molar-refractivity contribution in [2.45, 2.75) is 18.4 Å². The van der Waals surface area contributed by atoms with E-state index >= 15 is 0 Å². The fourth-order valence-corrected chi connectivity index (χ4v) is 3.15. The van der Waals surface area contributed by atoms with Crippen molar-refractivity contribution in [1.82, 2.24) is 14.2 Å². The molecule has 6 heteroatoms. The molecular weight excluding hydrogens is 250 g/mol. The van der Waals surface area contributed by atoms with Gasteiger partial charge in [-0.15, -0.1) is 6.42 Å². The lowest BCUT2D eigenvalue weighted by Crippen LogP contribution is -2.31. The van der Waals surface area contributed by atoms with E-state index in [0.717, 1.165) is 5.69 Å². The van der Waals surface area contributed by atoms with Crippen molar-refractivity contribution in [3.05, 3.63) is 18.0 Å². The van der Waals surface area contributed by atoms with Crippen LogP contribution in [0.5, 0.6) is 0 Å². The number of hydrogen-bond acceptors (Lipinski definition) is 3. The molecule has 18 heavy (non-hydrogen) atoms. The lowest BCUT2D eigenvalue weighted by molar-refractivity contribution is 0.464. The van der Waals surface area contributed by atoms with Crippen molar-refractivity contribution in [3.63, 3.8) is 0 Å². The van der Waals surface area contributed by atoms with Gasteiger partial charge in [0.05, 0.1) is 6.54 Å². The van der Waals surface area contributed by atoms with E-state index in [0.29, 0.717) is 13.1 Å². The van der Waals surface area contributed by atoms with Crippen LogP contribution < -0.4 is 5.32 Å². The quantitative estimate of drug-likeness (QED) is 0.760. The van der Waals surface area contributed by atoms with Gasteiger partial charge in [-0.1, -0.05) is 12.8 Å². The van der Waals surface area contributed by atoms with Crippen LogP contribution >= 0.6 is 0 Å². The number of hydrogen-bond donors (Lipinski definition) is 1. The van der Waals surface area contributed by atoms with Crippen molar-refractivity contribution in [1.29, 1.82) is 0 Å². The molecule has 0 spiro atoms. The Labute approximate surface area is 109 Å². The average molecular weight is 269 g/mol. The molecular formula is C12H19N3O2S. The summed E-state index contributed by atoms with van der Waals surface area (Å²) in [5, 5.41) is 3.00. The van der Waals surface area contributed by atoms with Crippen molar-refractivity contribution in [2.75, 3.05) is 20.1 Å². The van der Waals surface area contributed by atoms with Gasteiger partial charge in [0.15, 0.2) is 0 Å². The first-order valence-corrected chi connectivity index (χ1v) is 7.14. The second-order valence-electron chi connectivity index (χ2n) is 3.94. The Morgan fingerprint density at radius 2 is 2.22 bits per heavy atom. The Hall–Kier alpha value is -1.29. The Kier molecular flexibility index (Phi) is 4.96. The average Bonchev–Trinajstić information content (AvgIpc) is 2.69. The standard InChI is InChI=1S/C12H19N3O2S/c1-5-7-15(6-2)18(16,17)12-8-11(9-13-3)14(4)10-12/h1,8,10,13H,6-7,9H2,2-4H3. The highest BCUT2D eigenvalue weighted by molar-refractivity contribution is 7.89. The summed E-state index contributed by atoms with van der Waals surface area (Å²) < 4.78 is 27.7. The van der Waals surface area contributed by atoms with Crippen molar-refractivity contribution in [3.8, 4) is 12.3 Å². The minimum absolute atomic E-state index is 0.0923. The molecule has 0 fully saturated rings. The van der Waals surface area contributed by atoms with Gasteiger partial charge in [0.2, 0.25) is 10.0 Å². The molecule has 1 N–H and O–H groups in total. The molecule has 0 aliphatic rings. The lowest BCUT2D eigenvalue weighted by atomic mass is 10.4. The van der Waals surface area contributed by atoms with Crippen molar-refractivity contribution < 1.29 is 8.42 Å². The molecule has 100 valence electrons. The maximum atomic E-state index is 12.3. The highest BCUT2D eigenvalue weighted by Gasteiger charge is 2.24. The third-order valence-corrected chi connectivity index (χ3v) is 4.58. The van der Waals surface area contributed by atoms with Crippen LogP contribution in [-0.4, -0.2) is 37.4 Å². The van der Waals surface area contributed by atoms with Crippen LogP contribution in [0.1, 0.15) is 12.6 Å². The molecule has 5 nitrogen and oxygen atoms in total. The second-order valence-corrected chi connectivity index (χ2v) is 5.88. The van der Waals surface area contributed by atoms with E-state index in [2.05, 4.69) is 11.2 Å². The monoisotopic (exact) mass is 269 g/mol. The third-order valence-electron chi connectivity index (χ3n) is 2.70. The molecule has 0 saturated carbocycles. The Balaban J connectivity index is 3.12. The Morgan fingerprint density at radius 1 is 1.56 bits per heavy atom. The van der Waals surface area contributed by atoms with E-state index in [-0.39, 0.29) is 11.4 Å². The summed E-state index contributed by atoms with van der Waals surface area (Å²) in [6, 6.07) is 1.67. The number of rotatable bonds is 6. The maximum Gasteiger partial charge on any atom is 0.245 e. The topological polar surface area (TPSA) is 54.3 Å². The van der Waals surface area contributed by atoms with Crippen molar-refractivity contribution in [2.24, 2.45) is 7.05 Å². The molecule has 0 aliphatic carbocycles. The lowest BCUT2D eigenvalue weighted by Gasteiger charge is -2.16. The number of nitrogens with one attached hydrogen (secondary N) is 1. The molecule has 0 bridgehead atoms. The molecule has 1 heterocycles. The van der Waals surface area contributed by atoms with E-state index in [1.54, 1.807) is 23.8 Å². The molecule has 1 aromatic rings. The zero-order valence-electron chi connectivity index (χ0n) is 11.0. The van der Waals surface area contributed by atoms with E-state index in [1.807, 2.05) is 14.1 Å². The first-order valence-electron chi connectivity index (χ1n) is 5.70. The molecule has 0 aromatic carbocycles. The van der Waals surface area contributed by atoms with Gasteiger partial charge in [-0.25, -0.2) is 8.42 Å². The van der Waals surface area contributed by atoms with Crippen LogP contribution in [-0.2, 0) is 23.6 Å². The minimum atomic E-state index is -3.49. The fourth-order valence-electron chi connectivity index (χ4n) is 1.69. The first kappa shape index (κ1) is 14.8. The van der Waals surface area contributed by atoms with Crippen molar-refractivity contribution >= 4 is 10.0 Å². The predicted octanol–water partition coefficient (Wildman–Crippen LogP) is 0.388. The first-order chi connectivity index (χ1) is 8.47. The van der Waals surface area contributed by atoms with Crippen LogP contribution in [0.15, 0.2) is 17.2 Å². The summed E-state index contributed by atoms with van der Waals surface area (Å²) in [4.78, 5) is 0.285. The summed E-state index contributed by atoms with van der Waals surface area (Å²) in [6.07, 6.45) is 6.80. The molecule has 0 atom stereocenters. The molecule has 0 radical (unpaired) electrons. The van der Waals surface area contributed by atoms with Gasteiger partial charge in [0, 0.05) is 32.0 Å². The highest BCUT2D eigenvalue weighted by Crippen LogP contribution is 2.18. The largest absolute Gasteiger partial charge is 0.352 e. The second kappa shape index (κ2) is 6.05. The van der Waals surface area contributed by atoms with Crippen LogP contribution in [0.4, 0.5) is 0 Å². The van der Waals surface area contributed by atoms with Gasteiger partial charge in [0.1, 0.15) is 4.90 Å². The Bertz CT molecular complexity index is 540. The Morgan fingerprint density at radius 3 is 2.72 bits per heavy atom. The zero-order valence-corrected chi connectivity index (χ0v) is 11.8. The number of sulfonamides is 1. The third kappa shape index (κ3) is 2.93. The summed E-state index contributed by atoms with van der Waals surface area (Å²) in [5.41, 5.74) is 0.910. The highest BCUT2D eigenvalue weighted by atomic mass is 32.2. The number of aryl methyl sites for hydroxylation is 1. The number of nitrogens with zero attached hydrogens (tertiary/aromatic N) is 2. The molecule has 0 aliphatic heterocycles. The normalized spacial score (nSPS) is 11.7. The summed E-state index contributed by atoms with van der Waals surface area (Å²) in [6.45, 7) is 2.84. The van der Waals surface area contributed by atoms with Gasteiger partial charge in [-0.3, -0.25) is 0 Å². The zero-order chi connectivity index (χ0) is 13.8. The van der Waals surface area contributed by atoms with Gasteiger partial charge >= 0.3 is 0 Å².